The van der Waals surface area contributed by atoms with E-state index in [-0.39, 0.29) is 24.4 Å². The van der Waals surface area contributed by atoms with Crippen LogP contribution in [0.1, 0.15) is 42.3 Å². The minimum atomic E-state index is -0.400. The topological polar surface area (TPSA) is 58.7 Å². The largest absolute Gasteiger partial charge is 0.467 e. The first-order valence-electron chi connectivity index (χ1n) is 12.2. The van der Waals surface area contributed by atoms with Crippen LogP contribution in [0.15, 0.2) is 95.7 Å². The molecule has 1 saturated carbocycles. The first-order chi connectivity index (χ1) is 17.2. The molecule has 1 aliphatic carbocycles. The molecular formula is C29H27N3O3. The normalized spacial score (nSPS) is 16.5. The van der Waals surface area contributed by atoms with Crippen molar-refractivity contribution >= 4 is 17.5 Å². The minimum Gasteiger partial charge on any atom is -0.467 e. The molecule has 2 amide bonds. The molecule has 176 valence electrons. The Morgan fingerprint density at radius 3 is 2.40 bits per heavy atom. The van der Waals surface area contributed by atoms with Crippen LogP contribution in [-0.4, -0.2) is 33.9 Å². The number of rotatable bonds is 7. The first-order valence-corrected chi connectivity index (χ1v) is 12.2. The third-order valence-corrected chi connectivity index (χ3v) is 6.88. The highest BCUT2D eigenvalue weighted by Gasteiger charge is 2.40. The summed E-state index contributed by atoms with van der Waals surface area (Å²) < 4.78 is 7.91. The minimum absolute atomic E-state index is 0.0351. The Kier molecular flexibility index (Phi) is 5.49. The quantitative estimate of drug-likeness (QED) is 0.380. The number of anilines is 1. The highest BCUT2D eigenvalue weighted by molar-refractivity contribution is 6.00. The van der Waals surface area contributed by atoms with Crippen LogP contribution >= 0.6 is 0 Å². The summed E-state index contributed by atoms with van der Waals surface area (Å²) in [5, 5.41) is 0. The number of carbonyl (C=O) groups excluding carboxylic acids is 2. The molecule has 6 heteroatoms. The van der Waals surface area contributed by atoms with Gasteiger partial charge in [-0.25, -0.2) is 0 Å². The van der Waals surface area contributed by atoms with Crippen molar-refractivity contribution in [3.8, 4) is 5.69 Å². The van der Waals surface area contributed by atoms with Gasteiger partial charge in [0.15, 0.2) is 0 Å². The van der Waals surface area contributed by atoms with E-state index in [0.717, 1.165) is 35.5 Å². The zero-order valence-corrected chi connectivity index (χ0v) is 19.4. The summed E-state index contributed by atoms with van der Waals surface area (Å²) in [5.74, 6) is 0.625. The number of aryl methyl sites for hydroxylation is 1. The van der Waals surface area contributed by atoms with E-state index < -0.39 is 6.04 Å². The molecule has 1 fully saturated rings. The predicted octanol–water partition coefficient (Wildman–Crippen LogP) is 5.13. The van der Waals surface area contributed by atoms with Gasteiger partial charge in [0.05, 0.1) is 23.3 Å². The van der Waals surface area contributed by atoms with Crippen molar-refractivity contribution in [2.45, 2.75) is 37.8 Å². The summed E-state index contributed by atoms with van der Waals surface area (Å²) in [6.07, 6.45) is 6.61. The maximum Gasteiger partial charge on any atom is 0.247 e. The molecule has 0 saturated heterocycles. The number of aromatic nitrogens is 1. The van der Waals surface area contributed by atoms with Gasteiger partial charge in [-0.05, 0) is 61.2 Å². The molecule has 0 spiro atoms. The molecule has 2 aromatic carbocycles. The summed E-state index contributed by atoms with van der Waals surface area (Å²) in [6, 6.07) is 25.4. The number of fused-ring (bicyclic) bond motifs is 3. The molecule has 4 aromatic rings. The van der Waals surface area contributed by atoms with Crippen LogP contribution in [-0.2, 0) is 16.0 Å². The van der Waals surface area contributed by atoms with Crippen molar-refractivity contribution in [3.63, 3.8) is 0 Å². The van der Waals surface area contributed by atoms with Crippen molar-refractivity contribution in [1.82, 2.24) is 9.47 Å². The van der Waals surface area contributed by atoms with Gasteiger partial charge in [-0.3, -0.25) is 14.5 Å². The second-order valence-corrected chi connectivity index (χ2v) is 9.21. The monoisotopic (exact) mass is 465 g/mol. The first kappa shape index (κ1) is 21.5. The van der Waals surface area contributed by atoms with Crippen LogP contribution in [0.5, 0.6) is 0 Å². The second-order valence-electron chi connectivity index (χ2n) is 9.21. The standard InChI is InChI=1S/C29H27N3O3/c33-27(17-14-21-8-2-1-3-9-21)31(22-15-16-22)20-28(34)32-24-11-5-4-10-23(24)30-18-6-12-25(30)29(32)26-13-7-19-35-26/h1-13,18-19,22,29H,14-17,20H2. The number of hydrogen-bond acceptors (Lipinski definition) is 3. The Bertz CT molecular complexity index is 1340. The van der Waals surface area contributed by atoms with Crippen molar-refractivity contribution in [2.24, 2.45) is 0 Å². The van der Waals surface area contributed by atoms with Crippen molar-refractivity contribution in [2.75, 3.05) is 11.4 Å². The van der Waals surface area contributed by atoms with Crippen LogP contribution in [0.3, 0.4) is 0 Å². The van der Waals surface area contributed by atoms with Crippen molar-refractivity contribution in [1.29, 1.82) is 0 Å². The van der Waals surface area contributed by atoms with Gasteiger partial charge in [0, 0.05) is 18.7 Å². The van der Waals surface area contributed by atoms with Gasteiger partial charge in [0.25, 0.3) is 0 Å². The summed E-state index contributed by atoms with van der Waals surface area (Å²) in [4.78, 5) is 30.9. The fourth-order valence-corrected chi connectivity index (χ4v) is 5.05. The lowest BCUT2D eigenvalue weighted by Gasteiger charge is -2.38. The number of para-hydroxylation sites is 2. The van der Waals surface area contributed by atoms with Gasteiger partial charge in [-0.15, -0.1) is 0 Å². The summed E-state index contributed by atoms with van der Waals surface area (Å²) in [7, 11) is 0. The molecule has 6 nitrogen and oxygen atoms in total. The zero-order chi connectivity index (χ0) is 23.8. The molecule has 1 atom stereocenters. The smallest absolute Gasteiger partial charge is 0.247 e. The van der Waals surface area contributed by atoms with Crippen LogP contribution in [0.25, 0.3) is 5.69 Å². The third kappa shape index (κ3) is 4.05. The van der Waals surface area contributed by atoms with Crippen LogP contribution in [0.2, 0.25) is 0 Å². The number of carbonyl (C=O) groups is 2. The fourth-order valence-electron chi connectivity index (χ4n) is 5.05. The van der Waals surface area contributed by atoms with E-state index in [1.54, 1.807) is 11.2 Å². The maximum atomic E-state index is 14.0. The van der Waals surface area contributed by atoms with Gasteiger partial charge >= 0.3 is 0 Å². The highest BCUT2D eigenvalue weighted by atomic mass is 16.3. The van der Waals surface area contributed by atoms with E-state index in [1.807, 2.05) is 90.0 Å². The molecule has 0 bridgehead atoms. The number of furan rings is 1. The van der Waals surface area contributed by atoms with E-state index in [2.05, 4.69) is 4.57 Å². The van der Waals surface area contributed by atoms with E-state index in [1.165, 1.54) is 0 Å². The number of hydrogen-bond donors (Lipinski definition) is 0. The molecule has 0 N–H and O–H groups in total. The Labute approximate surface area is 204 Å². The van der Waals surface area contributed by atoms with Gasteiger partial charge in [0.1, 0.15) is 18.3 Å². The van der Waals surface area contributed by atoms with Crippen LogP contribution < -0.4 is 4.90 Å². The average Bonchev–Trinajstić information content (AvgIpc) is 3.36. The lowest BCUT2D eigenvalue weighted by Crippen LogP contribution is -2.47. The average molecular weight is 466 g/mol. The van der Waals surface area contributed by atoms with Gasteiger partial charge in [-0.1, -0.05) is 42.5 Å². The lowest BCUT2D eigenvalue weighted by atomic mass is 10.0. The Hall–Kier alpha value is -4.06. The Morgan fingerprint density at radius 2 is 1.66 bits per heavy atom. The van der Waals surface area contributed by atoms with E-state index in [0.29, 0.717) is 18.6 Å². The summed E-state index contributed by atoms with van der Waals surface area (Å²) in [5.41, 5.74) is 3.85. The summed E-state index contributed by atoms with van der Waals surface area (Å²) >= 11 is 0. The Morgan fingerprint density at radius 1 is 0.886 bits per heavy atom. The molecule has 0 radical (unpaired) electrons. The van der Waals surface area contributed by atoms with Crippen molar-refractivity contribution in [3.05, 3.63) is 108 Å². The molecular weight excluding hydrogens is 438 g/mol. The Balaban J connectivity index is 1.30. The number of amides is 2. The van der Waals surface area contributed by atoms with Crippen molar-refractivity contribution < 1.29 is 14.0 Å². The van der Waals surface area contributed by atoms with E-state index >= 15 is 0 Å². The molecule has 2 aliphatic rings. The van der Waals surface area contributed by atoms with E-state index in [9.17, 15) is 9.59 Å². The summed E-state index contributed by atoms with van der Waals surface area (Å²) in [6.45, 7) is 0.0601. The predicted molar refractivity (Wildman–Crippen MR) is 133 cm³/mol. The van der Waals surface area contributed by atoms with Gasteiger partial charge in [-0.2, -0.15) is 0 Å². The second kappa shape index (κ2) is 8.95. The lowest BCUT2D eigenvalue weighted by molar-refractivity contribution is -0.136. The molecule has 2 aromatic heterocycles. The SMILES string of the molecule is O=C(CCc1ccccc1)N(CC(=O)N1c2ccccc2-n2cccc2C1c1ccco1)C1CC1. The molecule has 1 unspecified atom stereocenters. The third-order valence-electron chi connectivity index (χ3n) is 6.88. The zero-order valence-electron chi connectivity index (χ0n) is 19.4. The van der Waals surface area contributed by atoms with Crippen LogP contribution in [0, 0.1) is 0 Å². The molecule has 35 heavy (non-hydrogen) atoms. The number of nitrogens with zero attached hydrogens (tertiary/aromatic N) is 3. The van der Waals surface area contributed by atoms with Crippen LogP contribution in [0.4, 0.5) is 5.69 Å². The maximum absolute atomic E-state index is 14.0. The number of benzene rings is 2. The van der Waals surface area contributed by atoms with Gasteiger partial charge in [0.2, 0.25) is 11.8 Å². The van der Waals surface area contributed by atoms with Gasteiger partial charge < -0.3 is 13.9 Å². The molecule has 3 heterocycles. The molecule has 1 aliphatic heterocycles. The molecule has 6 rings (SSSR count). The fraction of sp³-hybridized carbons (Fsp3) is 0.241. The van der Waals surface area contributed by atoms with E-state index in [4.69, 9.17) is 4.42 Å². The highest BCUT2D eigenvalue weighted by Crippen LogP contribution is 2.42.